The molecule has 0 aliphatic carbocycles. The number of aryl methyl sites for hydroxylation is 2. The van der Waals surface area contributed by atoms with Gasteiger partial charge in [-0.05, 0) is 58.5 Å². The predicted octanol–water partition coefficient (Wildman–Crippen LogP) is 2.40. The predicted molar refractivity (Wildman–Crippen MR) is 117 cm³/mol. The summed E-state index contributed by atoms with van der Waals surface area (Å²) < 4.78 is 11.0. The Bertz CT molecular complexity index is 782. The number of hydrogen-bond donors (Lipinski definition) is 2. The van der Waals surface area contributed by atoms with Crippen LogP contribution in [0.4, 0.5) is 5.95 Å². The number of rotatable bonds is 10. The van der Waals surface area contributed by atoms with Crippen LogP contribution in [0.15, 0.2) is 29.3 Å². The molecule has 0 atom stereocenters. The van der Waals surface area contributed by atoms with Crippen molar-refractivity contribution in [3.8, 4) is 11.5 Å². The second kappa shape index (κ2) is 11.2. The molecule has 0 fully saturated rings. The summed E-state index contributed by atoms with van der Waals surface area (Å²) in [5.74, 6) is 2.28. The summed E-state index contributed by atoms with van der Waals surface area (Å²) in [6, 6.07) is 7.91. The number of ether oxygens (including phenoxy) is 2. The van der Waals surface area contributed by atoms with Crippen LogP contribution in [0.5, 0.6) is 11.5 Å². The van der Waals surface area contributed by atoms with E-state index in [4.69, 9.17) is 15.2 Å². The van der Waals surface area contributed by atoms with E-state index in [0.717, 1.165) is 42.3 Å². The highest BCUT2D eigenvalue weighted by Gasteiger charge is 2.10. The van der Waals surface area contributed by atoms with Crippen LogP contribution in [0.25, 0.3) is 0 Å². The number of nitrogens with one attached hydrogen (secondary N) is 1. The second-order valence-corrected chi connectivity index (χ2v) is 7.04. The van der Waals surface area contributed by atoms with Crippen LogP contribution in [0.1, 0.15) is 23.4 Å². The third kappa shape index (κ3) is 7.57. The molecule has 0 spiro atoms. The molecular formula is C21H32N6O2. The molecule has 158 valence electrons. The number of hydrogen-bond acceptors (Lipinski definition) is 6. The fourth-order valence-corrected chi connectivity index (χ4v) is 2.78. The molecule has 8 heteroatoms. The van der Waals surface area contributed by atoms with Crippen molar-refractivity contribution in [2.45, 2.75) is 26.7 Å². The van der Waals surface area contributed by atoms with Crippen LogP contribution < -0.4 is 20.5 Å². The van der Waals surface area contributed by atoms with Crippen LogP contribution in [-0.4, -0.2) is 61.7 Å². The van der Waals surface area contributed by atoms with Gasteiger partial charge in [0.05, 0.1) is 25.1 Å². The number of methoxy groups -OCH3 is 1. The van der Waals surface area contributed by atoms with E-state index in [2.05, 4.69) is 25.2 Å². The Labute approximate surface area is 173 Å². The quantitative estimate of drug-likeness (QED) is 0.359. The molecule has 0 radical (unpaired) electrons. The first kappa shape index (κ1) is 22.4. The minimum atomic E-state index is 0.289. The molecule has 0 saturated heterocycles. The Morgan fingerprint density at radius 2 is 1.79 bits per heavy atom. The van der Waals surface area contributed by atoms with E-state index in [1.807, 2.05) is 52.2 Å². The second-order valence-electron chi connectivity index (χ2n) is 7.04. The third-order valence-electron chi connectivity index (χ3n) is 4.28. The lowest BCUT2D eigenvalue weighted by Gasteiger charge is -2.14. The first-order valence-electron chi connectivity index (χ1n) is 9.71. The highest BCUT2D eigenvalue weighted by atomic mass is 16.5. The molecule has 0 bridgehead atoms. The first-order valence-corrected chi connectivity index (χ1v) is 9.71. The van der Waals surface area contributed by atoms with Gasteiger partial charge in [-0.1, -0.05) is 12.1 Å². The van der Waals surface area contributed by atoms with Crippen molar-refractivity contribution in [1.29, 1.82) is 0 Å². The summed E-state index contributed by atoms with van der Waals surface area (Å²) in [7, 11) is 5.74. The van der Waals surface area contributed by atoms with Gasteiger partial charge in [0.2, 0.25) is 5.95 Å². The molecule has 8 nitrogen and oxygen atoms in total. The van der Waals surface area contributed by atoms with Crippen LogP contribution in [0.3, 0.4) is 0 Å². The SMILES string of the molecule is COc1ccc(CCN=C(N)Nc2nc(C)c(OCCCN(C)C)c(C)n2)cc1. The first-order chi connectivity index (χ1) is 13.9. The molecule has 1 heterocycles. The van der Waals surface area contributed by atoms with E-state index in [9.17, 15) is 0 Å². The van der Waals surface area contributed by atoms with Gasteiger partial charge >= 0.3 is 0 Å². The smallest absolute Gasteiger partial charge is 0.230 e. The lowest BCUT2D eigenvalue weighted by atomic mass is 10.1. The topological polar surface area (TPSA) is 97.9 Å². The molecule has 0 aliphatic rings. The van der Waals surface area contributed by atoms with Gasteiger partial charge in [0.1, 0.15) is 5.75 Å². The van der Waals surface area contributed by atoms with Crippen LogP contribution in [-0.2, 0) is 6.42 Å². The van der Waals surface area contributed by atoms with Crippen molar-refractivity contribution in [3.05, 3.63) is 41.2 Å². The summed E-state index contributed by atoms with van der Waals surface area (Å²) in [6.45, 7) is 5.97. The Balaban J connectivity index is 1.88. The summed E-state index contributed by atoms with van der Waals surface area (Å²) in [4.78, 5) is 15.4. The lowest BCUT2D eigenvalue weighted by molar-refractivity contribution is 0.276. The van der Waals surface area contributed by atoms with E-state index in [0.29, 0.717) is 19.1 Å². The number of benzene rings is 1. The normalized spacial score (nSPS) is 11.6. The van der Waals surface area contributed by atoms with Crippen molar-refractivity contribution >= 4 is 11.9 Å². The zero-order chi connectivity index (χ0) is 21.2. The molecule has 0 amide bonds. The lowest BCUT2D eigenvalue weighted by Crippen LogP contribution is -2.25. The van der Waals surface area contributed by atoms with Crippen LogP contribution in [0.2, 0.25) is 0 Å². The van der Waals surface area contributed by atoms with Crippen molar-refractivity contribution in [3.63, 3.8) is 0 Å². The number of aliphatic imine (C=N–C) groups is 1. The maximum Gasteiger partial charge on any atom is 0.230 e. The van der Waals surface area contributed by atoms with Gasteiger partial charge in [0.15, 0.2) is 11.7 Å². The van der Waals surface area contributed by atoms with Gasteiger partial charge in [-0.25, -0.2) is 9.97 Å². The molecule has 0 aliphatic heterocycles. The molecule has 3 N–H and O–H groups in total. The molecule has 2 rings (SSSR count). The van der Waals surface area contributed by atoms with Gasteiger partial charge in [0.25, 0.3) is 0 Å². The van der Waals surface area contributed by atoms with Crippen molar-refractivity contribution < 1.29 is 9.47 Å². The number of aromatic nitrogens is 2. The van der Waals surface area contributed by atoms with E-state index >= 15 is 0 Å². The van der Waals surface area contributed by atoms with Crippen LogP contribution in [0, 0.1) is 13.8 Å². The molecule has 0 unspecified atom stereocenters. The molecule has 0 saturated carbocycles. The highest BCUT2D eigenvalue weighted by molar-refractivity contribution is 5.90. The molecule has 2 aromatic rings. The van der Waals surface area contributed by atoms with Crippen LogP contribution >= 0.6 is 0 Å². The Morgan fingerprint density at radius 3 is 2.38 bits per heavy atom. The minimum Gasteiger partial charge on any atom is -0.497 e. The number of anilines is 1. The Hall–Kier alpha value is -2.87. The molecule has 1 aromatic heterocycles. The standard InChI is InChI=1S/C21H32N6O2/c1-15-19(29-14-6-13-27(3)4)16(2)25-21(24-15)26-20(22)23-12-11-17-7-9-18(28-5)10-8-17/h7-10H,6,11-14H2,1-5H3,(H3,22,23,24,25,26). The van der Waals surface area contributed by atoms with E-state index < -0.39 is 0 Å². The minimum absolute atomic E-state index is 0.289. The fraction of sp³-hybridized carbons (Fsp3) is 0.476. The zero-order valence-electron chi connectivity index (χ0n) is 18.0. The zero-order valence-corrected chi connectivity index (χ0v) is 18.0. The van der Waals surface area contributed by atoms with E-state index in [1.54, 1.807) is 7.11 Å². The average Bonchev–Trinajstić information content (AvgIpc) is 2.67. The molecular weight excluding hydrogens is 368 g/mol. The van der Waals surface area contributed by atoms with Gasteiger partial charge in [-0.3, -0.25) is 10.3 Å². The van der Waals surface area contributed by atoms with Crippen molar-refractivity contribution in [2.24, 2.45) is 10.7 Å². The fourth-order valence-electron chi connectivity index (χ4n) is 2.78. The number of nitrogens with two attached hydrogens (primary N) is 1. The average molecular weight is 401 g/mol. The van der Waals surface area contributed by atoms with Crippen molar-refractivity contribution in [1.82, 2.24) is 14.9 Å². The van der Waals surface area contributed by atoms with Gasteiger partial charge in [-0.2, -0.15) is 0 Å². The Kier molecular flexibility index (Phi) is 8.67. The van der Waals surface area contributed by atoms with E-state index in [1.165, 1.54) is 5.56 Å². The maximum atomic E-state index is 5.98. The third-order valence-corrected chi connectivity index (χ3v) is 4.28. The number of guanidine groups is 1. The van der Waals surface area contributed by atoms with Gasteiger partial charge in [0, 0.05) is 13.1 Å². The van der Waals surface area contributed by atoms with Gasteiger partial charge < -0.3 is 20.1 Å². The summed E-state index contributed by atoms with van der Waals surface area (Å²) >= 11 is 0. The van der Waals surface area contributed by atoms with Gasteiger partial charge in [-0.15, -0.1) is 0 Å². The Morgan fingerprint density at radius 1 is 1.14 bits per heavy atom. The number of nitrogens with zero attached hydrogens (tertiary/aromatic N) is 4. The monoisotopic (exact) mass is 400 g/mol. The van der Waals surface area contributed by atoms with E-state index in [-0.39, 0.29) is 5.96 Å². The maximum absolute atomic E-state index is 5.98. The summed E-state index contributed by atoms with van der Waals surface area (Å²) in [5.41, 5.74) is 8.70. The van der Waals surface area contributed by atoms with Crippen molar-refractivity contribution in [2.75, 3.05) is 46.2 Å². The molecule has 1 aromatic carbocycles. The largest absolute Gasteiger partial charge is 0.497 e. The highest BCUT2D eigenvalue weighted by Crippen LogP contribution is 2.21. The molecule has 29 heavy (non-hydrogen) atoms. The summed E-state index contributed by atoms with van der Waals surface area (Å²) in [5, 5.41) is 2.96. The summed E-state index contributed by atoms with van der Waals surface area (Å²) in [6.07, 6.45) is 1.73.